The molecule has 2 aromatic heterocycles. The van der Waals surface area contributed by atoms with Crippen molar-refractivity contribution >= 4 is 34.1 Å². The lowest BCUT2D eigenvalue weighted by Crippen LogP contribution is -2.32. The zero-order valence-electron chi connectivity index (χ0n) is 14.2. The number of aliphatic hydroxyl groups is 1. The van der Waals surface area contributed by atoms with Crippen LogP contribution in [0.2, 0.25) is 5.28 Å². The number of nitrogens with zero attached hydrogens (tertiary/aromatic N) is 3. The minimum Gasteiger partial charge on any atom is -0.485 e. The summed E-state index contributed by atoms with van der Waals surface area (Å²) in [5, 5.41) is 14.1. The molecule has 0 atom stereocenters. The van der Waals surface area contributed by atoms with Crippen LogP contribution in [0, 0.1) is 0 Å². The molecule has 8 heteroatoms. The summed E-state index contributed by atoms with van der Waals surface area (Å²) in [6.45, 7) is 2.34. The standard InChI is InChI=1S/C18H20ClN5O2/c19-18-22-16-15(26-10-6-20-16)17(23-18)24(8-9-25)7-5-12-11-21-14-4-2-1-3-13(12)14/h1-4,11,21,25H,5-10H2,(H,20,22,23). The molecule has 3 heterocycles. The normalized spacial score (nSPS) is 13.2. The number of nitrogens with one attached hydrogen (secondary N) is 2. The van der Waals surface area contributed by atoms with E-state index < -0.39 is 0 Å². The zero-order chi connectivity index (χ0) is 17.9. The van der Waals surface area contributed by atoms with Crippen LogP contribution < -0.4 is 15.0 Å². The van der Waals surface area contributed by atoms with Gasteiger partial charge in [-0.3, -0.25) is 0 Å². The van der Waals surface area contributed by atoms with E-state index >= 15 is 0 Å². The first-order valence-electron chi connectivity index (χ1n) is 8.61. The van der Waals surface area contributed by atoms with Crippen molar-refractivity contribution in [3.05, 3.63) is 41.3 Å². The molecule has 0 radical (unpaired) electrons. The maximum atomic E-state index is 9.52. The summed E-state index contributed by atoms with van der Waals surface area (Å²) in [5.74, 6) is 1.80. The van der Waals surface area contributed by atoms with E-state index in [0.717, 1.165) is 11.9 Å². The molecular formula is C18H20ClN5O2. The van der Waals surface area contributed by atoms with Gasteiger partial charge in [0.25, 0.3) is 0 Å². The molecule has 0 amide bonds. The van der Waals surface area contributed by atoms with Crippen molar-refractivity contribution in [2.45, 2.75) is 6.42 Å². The Morgan fingerprint density at radius 2 is 2.12 bits per heavy atom. The molecule has 136 valence electrons. The molecule has 3 N–H and O–H groups in total. The maximum Gasteiger partial charge on any atom is 0.226 e. The third-order valence-corrected chi connectivity index (χ3v) is 4.63. The molecule has 0 bridgehead atoms. The Kier molecular flexibility index (Phi) is 4.81. The number of aromatic amines is 1. The van der Waals surface area contributed by atoms with Crippen LogP contribution >= 0.6 is 11.6 Å². The number of para-hydroxylation sites is 1. The van der Waals surface area contributed by atoms with Gasteiger partial charge in [-0.15, -0.1) is 0 Å². The summed E-state index contributed by atoms with van der Waals surface area (Å²) in [6.07, 6.45) is 2.83. The summed E-state index contributed by atoms with van der Waals surface area (Å²) in [7, 11) is 0. The highest BCUT2D eigenvalue weighted by molar-refractivity contribution is 6.28. The van der Waals surface area contributed by atoms with Crippen LogP contribution in [0.5, 0.6) is 5.75 Å². The van der Waals surface area contributed by atoms with E-state index in [1.807, 2.05) is 23.2 Å². The van der Waals surface area contributed by atoms with E-state index in [2.05, 4.69) is 32.4 Å². The largest absolute Gasteiger partial charge is 0.485 e. The average Bonchev–Trinajstić information content (AvgIpc) is 3.08. The van der Waals surface area contributed by atoms with Crippen molar-refractivity contribution in [1.29, 1.82) is 0 Å². The fourth-order valence-electron chi connectivity index (χ4n) is 3.24. The van der Waals surface area contributed by atoms with Gasteiger partial charge in [-0.25, -0.2) is 0 Å². The quantitative estimate of drug-likeness (QED) is 0.575. The lowest BCUT2D eigenvalue weighted by atomic mass is 10.1. The van der Waals surface area contributed by atoms with Gasteiger partial charge < -0.3 is 25.0 Å². The Morgan fingerprint density at radius 1 is 1.23 bits per heavy atom. The van der Waals surface area contributed by atoms with Crippen molar-refractivity contribution in [1.82, 2.24) is 15.0 Å². The van der Waals surface area contributed by atoms with Crippen LogP contribution in [0.25, 0.3) is 10.9 Å². The number of rotatable bonds is 6. The number of aliphatic hydroxyl groups excluding tert-OH is 1. The smallest absolute Gasteiger partial charge is 0.226 e. The molecule has 1 aromatic carbocycles. The number of H-pyrrole nitrogens is 1. The van der Waals surface area contributed by atoms with Gasteiger partial charge in [-0.1, -0.05) is 18.2 Å². The number of anilines is 2. The summed E-state index contributed by atoms with van der Waals surface area (Å²) in [4.78, 5) is 13.8. The topological polar surface area (TPSA) is 86.3 Å². The molecule has 0 unspecified atom stereocenters. The summed E-state index contributed by atoms with van der Waals surface area (Å²) in [6, 6.07) is 8.21. The Bertz CT molecular complexity index is 914. The number of ether oxygens (including phenoxy) is 1. The van der Waals surface area contributed by atoms with Gasteiger partial charge in [0.1, 0.15) is 6.61 Å². The van der Waals surface area contributed by atoms with Crippen LogP contribution in [-0.2, 0) is 6.42 Å². The van der Waals surface area contributed by atoms with E-state index in [-0.39, 0.29) is 11.9 Å². The molecule has 7 nitrogen and oxygen atoms in total. The molecule has 0 spiro atoms. The summed E-state index contributed by atoms with van der Waals surface area (Å²) >= 11 is 6.09. The summed E-state index contributed by atoms with van der Waals surface area (Å²) < 4.78 is 5.77. The van der Waals surface area contributed by atoms with E-state index in [4.69, 9.17) is 16.3 Å². The Balaban J connectivity index is 1.61. The van der Waals surface area contributed by atoms with Crippen LogP contribution in [0.3, 0.4) is 0 Å². The molecule has 0 saturated heterocycles. The third-order valence-electron chi connectivity index (χ3n) is 4.46. The van der Waals surface area contributed by atoms with Crippen LogP contribution in [0.4, 0.5) is 11.6 Å². The minimum absolute atomic E-state index is 0.0116. The molecule has 0 aliphatic carbocycles. The van der Waals surface area contributed by atoms with Crippen LogP contribution in [0.15, 0.2) is 30.5 Å². The molecule has 1 aliphatic rings. The number of fused-ring (bicyclic) bond motifs is 2. The van der Waals surface area contributed by atoms with Crippen LogP contribution in [-0.4, -0.2) is 52.9 Å². The molecule has 0 saturated carbocycles. The van der Waals surface area contributed by atoms with Gasteiger partial charge in [0.15, 0.2) is 11.6 Å². The number of benzene rings is 1. The van der Waals surface area contributed by atoms with E-state index in [1.54, 1.807) is 0 Å². The van der Waals surface area contributed by atoms with E-state index in [1.165, 1.54) is 10.9 Å². The Labute approximate surface area is 156 Å². The third kappa shape index (κ3) is 3.27. The Hall–Kier alpha value is -2.51. The molecule has 4 rings (SSSR count). The highest BCUT2D eigenvalue weighted by Gasteiger charge is 2.23. The fourth-order valence-corrected chi connectivity index (χ4v) is 3.40. The number of hydrogen-bond acceptors (Lipinski definition) is 6. The van der Waals surface area contributed by atoms with Crippen molar-refractivity contribution in [2.24, 2.45) is 0 Å². The summed E-state index contributed by atoms with van der Waals surface area (Å²) in [5.41, 5.74) is 2.34. The Morgan fingerprint density at radius 3 is 3.00 bits per heavy atom. The van der Waals surface area contributed by atoms with Crippen molar-refractivity contribution in [3.63, 3.8) is 0 Å². The van der Waals surface area contributed by atoms with Gasteiger partial charge in [0.2, 0.25) is 11.0 Å². The molecule has 26 heavy (non-hydrogen) atoms. The SMILES string of the molecule is OCCN(CCc1c[nH]c2ccccc12)c1nc(Cl)nc2c1OCCN2. The predicted octanol–water partition coefficient (Wildman–Crippen LogP) is 2.46. The molecular weight excluding hydrogens is 354 g/mol. The van der Waals surface area contributed by atoms with Gasteiger partial charge in [0, 0.05) is 30.2 Å². The monoisotopic (exact) mass is 373 g/mol. The van der Waals surface area contributed by atoms with Gasteiger partial charge in [-0.2, -0.15) is 9.97 Å². The zero-order valence-corrected chi connectivity index (χ0v) is 15.0. The van der Waals surface area contributed by atoms with Gasteiger partial charge in [-0.05, 0) is 29.7 Å². The van der Waals surface area contributed by atoms with Crippen LogP contribution in [0.1, 0.15) is 5.56 Å². The highest BCUT2D eigenvalue weighted by atomic mass is 35.5. The minimum atomic E-state index is 0.0116. The number of aromatic nitrogens is 3. The molecule has 3 aromatic rings. The number of halogens is 1. The second-order valence-electron chi connectivity index (χ2n) is 6.09. The number of hydrogen-bond donors (Lipinski definition) is 3. The van der Waals surface area contributed by atoms with Gasteiger partial charge >= 0.3 is 0 Å². The second kappa shape index (κ2) is 7.39. The molecule has 1 aliphatic heterocycles. The highest BCUT2D eigenvalue weighted by Crippen LogP contribution is 2.36. The lowest BCUT2D eigenvalue weighted by Gasteiger charge is -2.28. The van der Waals surface area contributed by atoms with E-state index in [9.17, 15) is 5.11 Å². The lowest BCUT2D eigenvalue weighted by molar-refractivity contribution is 0.298. The van der Waals surface area contributed by atoms with Crippen molar-refractivity contribution in [2.75, 3.05) is 43.1 Å². The van der Waals surface area contributed by atoms with Crippen molar-refractivity contribution < 1.29 is 9.84 Å². The predicted molar refractivity (Wildman–Crippen MR) is 102 cm³/mol. The average molecular weight is 374 g/mol. The first-order valence-corrected chi connectivity index (χ1v) is 8.99. The maximum absolute atomic E-state index is 9.52. The molecule has 0 fully saturated rings. The van der Waals surface area contributed by atoms with Gasteiger partial charge in [0.05, 0.1) is 13.2 Å². The first-order chi connectivity index (χ1) is 12.8. The first kappa shape index (κ1) is 16.9. The second-order valence-corrected chi connectivity index (χ2v) is 6.43. The van der Waals surface area contributed by atoms with Crippen molar-refractivity contribution in [3.8, 4) is 5.75 Å². The van der Waals surface area contributed by atoms with E-state index in [0.29, 0.717) is 43.6 Å². The fraction of sp³-hybridized carbons (Fsp3) is 0.333.